The van der Waals surface area contributed by atoms with Gasteiger partial charge in [-0.25, -0.2) is 4.63 Å². The summed E-state index contributed by atoms with van der Waals surface area (Å²) < 4.78 is 15.7. The molecule has 0 aliphatic heterocycles. The second-order valence-corrected chi connectivity index (χ2v) is 6.70. The molecule has 0 spiro atoms. The summed E-state index contributed by atoms with van der Waals surface area (Å²) in [7, 11) is 1.59. The molecule has 0 saturated heterocycles. The molecule has 1 amide bonds. The Bertz CT molecular complexity index is 995. The lowest BCUT2D eigenvalue weighted by Crippen LogP contribution is -2.32. The van der Waals surface area contributed by atoms with E-state index in [9.17, 15) is 4.79 Å². The normalized spacial score (nSPS) is 10.6. The van der Waals surface area contributed by atoms with Crippen molar-refractivity contribution in [3.63, 3.8) is 0 Å². The molecule has 3 aromatic rings. The number of methoxy groups -OCH3 is 1. The Kier molecular flexibility index (Phi) is 7.47. The third-order valence-corrected chi connectivity index (χ3v) is 4.58. The molecule has 2 aromatic carbocycles. The van der Waals surface area contributed by atoms with Crippen molar-refractivity contribution in [1.29, 1.82) is 0 Å². The molecule has 0 atom stereocenters. The van der Waals surface area contributed by atoms with E-state index >= 15 is 0 Å². The van der Waals surface area contributed by atoms with E-state index in [0.717, 1.165) is 11.1 Å². The average Bonchev–Trinajstić information content (AvgIpc) is 3.19. The molecule has 0 radical (unpaired) electrons. The van der Waals surface area contributed by atoms with Crippen LogP contribution in [-0.2, 0) is 13.2 Å². The van der Waals surface area contributed by atoms with E-state index in [1.54, 1.807) is 7.11 Å². The molecule has 3 rings (SSSR count). The van der Waals surface area contributed by atoms with E-state index in [2.05, 4.69) is 25.6 Å². The van der Waals surface area contributed by atoms with Crippen LogP contribution in [0.25, 0.3) is 0 Å². The summed E-state index contributed by atoms with van der Waals surface area (Å²) in [4.78, 5) is 11.8. The summed E-state index contributed by atoms with van der Waals surface area (Å²) in [5.74, 6) is 0.789. The zero-order chi connectivity index (χ0) is 21.3. The first-order valence-electron chi connectivity index (χ1n) is 9.18. The lowest BCUT2D eigenvalue weighted by atomic mass is 10.2. The molecule has 9 nitrogen and oxygen atoms in total. The van der Waals surface area contributed by atoms with Gasteiger partial charge in [0, 0.05) is 30.2 Å². The van der Waals surface area contributed by atoms with E-state index in [1.165, 1.54) is 0 Å². The molecule has 4 N–H and O–H groups in total. The minimum atomic E-state index is -0.433. The fourth-order valence-electron chi connectivity index (χ4n) is 2.65. The second-order valence-electron chi connectivity index (χ2n) is 6.30. The minimum absolute atomic E-state index is 0.0212. The van der Waals surface area contributed by atoms with Crippen LogP contribution in [0.1, 0.15) is 21.6 Å². The Morgan fingerprint density at radius 3 is 2.73 bits per heavy atom. The fourth-order valence-corrected chi connectivity index (χ4v) is 2.84. The zero-order valence-electron chi connectivity index (χ0n) is 16.4. The largest absolute Gasteiger partial charge is 0.493 e. The molecule has 0 unspecified atom stereocenters. The number of ether oxygens (including phenoxy) is 2. The summed E-state index contributed by atoms with van der Waals surface area (Å²) in [5, 5.41) is 13.4. The molecule has 158 valence electrons. The van der Waals surface area contributed by atoms with Crippen molar-refractivity contribution >= 4 is 23.3 Å². The van der Waals surface area contributed by atoms with Gasteiger partial charge in [-0.05, 0) is 34.1 Å². The number of aromatic nitrogens is 2. The van der Waals surface area contributed by atoms with Crippen molar-refractivity contribution in [1.82, 2.24) is 20.9 Å². The number of nitrogens with one attached hydrogen (secondary N) is 2. The maximum atomic E-state index is 11.8. The van der Waals surface area contributed by atoms with E-state index in [-0.39, 0.29) is 11.5 Å². The second kappa shape index (κ2) is 10.5. The van der Waals surface area contributed by atoms with E-state index in [4.69, 9.17) is 26.8 Å². The molecule has 0 aliphatic carbocycles. The van der Waals surface area contributed by atoms with Crippen LogP contribution in [0, 0.1) is 0 Å². The maximum Gasteiger partial charge on any atom is 0.277 e. The topological polar surface area (TPSA) is 125 Å². The first kappa shape index (κ1) is 21.4. The molecule has 30 heavy (non-hydrogen) atoms. The van der Waals surface area contributed by atoms with Gasteiger partial charge in [0.05, 0.1) is 7.11 Å². The van der Waals surface area contributed by atoms with Crippen LogP contribution in [0.3, 0.4) is 0 Å². The van der Waals surface area contributed by atoms with Crippen molar-refractivity contribution in [2.24, 2.45) is 0 Å². The summed E-state index contributed by atoms with van der Waals surface area (Å²) in [6, 6.07) is 13.2. The summed E-state index contributed by atoms with van der Waals surface area (Å²) in [6.45, 7) is 1.87. The summed E-state index contributed by atoms with van der Waals surface area (Å²) >= 11 is 6.17. The summed E-state index contributed by atoms with van der Waals surface area (Å²) in [5.41, 5.74) is 7.36. The number of amides is 1. The number of nitrogens with zero attached hydrogens (tertiary/aromatic N) is 2. The molecule has 0 fully saturated rings. The van der Waals surface area contributed by atoms with Crippen molar-refractivity contribution in [2.45, 2.75) is 13.2 Å². The number of halogens is 1. The fraction of sp³-hybridized carbons (Fsp3) is 0.250. The highest BCUT2D eigenvalue weighted by Gasteiger charge is 2.15. The number of carbonyl (C=O) groups is 1. The smallest absolute Gasteiger partial charge is 0.277 e. The number of rotatable bonds is 10. The van der Waals surface area contributed by atoms with Crippen molar-refractivity contribution in [2.75, 3.05) is 25.9 Å². The molecule has 10 heteroatoms. The van der Waals surface area contributed by atoms with Gasteiger partial charge >= 0.3 is 0 Å². The van der Waals surface area contributed by atoms with Gasteiger partial charge in [-0.1, -0.05) is 35.9 Å². The van der Waals surface area contributed by atoms with Gasteiger partial charge in [0.25, 0.3) is 5.91 Å². The molecule has 0 saturated carbocycles. The van der Waals surface area contributed by atoms with Crippen LogP contribution in [0.5, 0.6) is 11.5 Å². The number of nitrogens with two attached hydrogens (primary N) is 1. The van der Waals surface area contributed by atoms with Gasteiger partial charge in [0.15, 0.2) is 11.5 Å². The number of carbonyl (C=O) groups excluding carboxylic acids is 1. The lowest BCUT2D eigenvalue weighted by Gasteiger charge is -2.13. The Balaban J connectivity index is 1.46. The number of nitrogen functional groups attached to an aromatic ring is 1. The van der Waals surface area contributed by atoms with Crippen LogP contribution < -0.4 is 25.8 Å². The van der Waals surface area contributed by atoms with Gasteiger partial charge in [0.2, 0.25) is 11.5 Å². The Hall–Kier alpha value is -3.30. The third kappa shape index (κ3) is 5.62. The van der Waals surface area contributed by atoms with Gasteiger partial charge in [0.1, 0.15) is 6.61 Å². The number of benzene rings is 2. The predicted molar refractivity (Wildman–Crippen MR) is 112 cm³/mol. The van der Waals surface area contributed by atoms with Gasteiger partial charge in [-0.2, -0.15) is 0 Å². The zero-order valence-corrected chi connectivity index (χ0v) is 17.1. The lowest BCUT2D eigenvalue weighted by molar-refractivity contribution is 0.0944. The van der Waals surface area contributed by atoms with Gasteiger partial charge in [-0.3, -0.25) is 4.79 Å². The molecule has 1 aromatic heterocycles. The standard InChI is InChI=1S/C20H22ClN5O4/c1-28-17-10-13(6-7-16(17)29-12-14-4-2-3-5-15(14)21)11-23-8-9-24-20(27)18-19(22)26-30-25-18/h2-7,10,23H,8-9,11-12H2,1H3,(H2,22,26)(H,24,27). The quantitative estimate of drug-likeness (QED) is 0.418. The third-order valence-electron chi connectivity index (χ3n) is 4.21. The van der Waals surface area contributed by atoms with E-state index in [1.807, 2.05) is 42.5 Å². The molecular weight excluding hydrogens is 410 g/mol. The Morgan fingerprint density at radius 1 is 1.17 bits per heavy atom. The number of anilines is 1. The van der Waals surface area contributed by atoms with E-state index in [0.29, 0.717) is 42.8 Å². The van der Waals surface area contributed by atoms with Crippen LogP contribution in [0.15, 0.2) is 47.1 Å². The monoisotopic (exact) mass is 431 g/mol. The highest BCUT2D eigenvalue weighted by atomic mass is 35.5. The molecule has 0 bridgehead atoms. The average molecular weight is 432 g/mol. The van der Waals surface area contributed by atoms with Crippen LogP contribution in [0.4, 0.5) is 5.82 Å². The predicted octanol–water partition coefficient (Wildman–Crippen LogP) is 2.41. The highest BCUT2D eigenvalue weighted by molar-refractivity contribution is 6.31. The highest BCUT2D eigenvalue weighted by Crippen LogP contribution is 2.29. The molecule has 0 aliphatic rings. The number of hydrogen-bond donors (Lipinski definition) is 3. The van der Waals surface area contributed by atoms with Gasteiger partial charge < -0.3 is 25.8 Å². The van der Waals surface area contributed by atoms with E-state index < -0.39 is 5.91 Å². The summed E-state index contributed by atoms with van der Waals surface area (Å²) in [6.07, 6.45) is 0. The van der Waals surface area contributed by atoms with Crippen LogP contribution in [0.2, 0.25) is 5.02 Å². The Morgan fingerprint density at radius 2 is 2.00 bits per heavy atom. The minimum Gasteiger partial charge on any atom is -0.493 e. The van der Waals surface area contributed by atoms with Crippen molar-refractivity contribution in [3.8, 4) is 11.5 Å². The SMILES string of the molecule is COc1cc(CNCCNC(=O)c2nonc2N)ccc1OCc1ccccc1Cl. The van der Waals surface area contributed by atoms with Gasteiger partial charge in [-0.15, -0.1) is 0 Å². The Labute approximate surface area is 178 Å². The number of hydrogen-bond acceptors (Lipinski definition) is 8. The molecule has 1 heterocycles. The molecular formula is C20H22ClN5O4. The first-order chi connectivity index (χ1) is 14.6. The van der Waals surface area contributed by atoms with Crippen molar-refractivity contribution in [3.05, 3.63) is 64.3 Å². The van der Waals surface area contributed by atoms with Crippen molar-refractivity contribution < 1.29 is 18.9 Å². The maximum absolute atomic E-state index is 11.8. The van der Waals surface area contributed by atoms with Crippen LogP contribution >= 0.6 is 11.6 Å². The first-order valence-corrected chi connectivity index (χ1v) is 9.56. The van der Waals surface area contributed by atoms with Crippen LogP contribution in [-0.4, -0.2) is 36.4 Å².